The molecule has 0 aromatic carbocycles. The molecule has 1 aliphatic rings. The lowest BCUT2D eigenvalue weighted by molar-refractivity contribution is 0.148. The second-order valence-corrected chi connectivity index (χ2v) is 8.88. The zero-order valence-corrected chi connectivity index (χ0v) is 15.2. The van der Waals surface area contributed by atoms with E-state index in [1.165, 1.54) is 35.6 Å². The first-order valence-electron chi connectivity index (χ1n) is 8.58. The summed E-state index contributed by atoms with van der Waals surface area (Å²) in [6, 6.07) is 0.399. The van der Waals surface area contributed by atoms with E-state index >= 15 is 0 Å². The minimum atomic E-state index is 0.399. The van der Waals surface area contributed by atoms with Crippen molar-refractivity contribution in [3.05, 3.63) is 16.1 Å². The van der Waals surface area contributed by atoms with Crippen LogP contribution in [-0.2, 0) is 6.42 Å². The molecule has 1 saturated carbocycles. The second-order valence-electron chi connectivity index (χ2n) is 7.73. The van der Waals surface area contributed by atoms with Gasteiger partial charge in [0.05, 0.1) is 6.04 Å². The van der Waals surface area contributed by atoms with Crippen LogP contribution in [0.25, 0.3) is 0 Å². The van der Waals surface area contributed by atoms with E-state index in [1.54, 1.807) is 0 Å². The van der Waals surface area contributed by atoms with E-state index in [0.29, 0.717) is 11.5 Å². The molecule has 1 unspecified atom stereocenters. The number of aryl methyl sites for hydroxylation is 1. The third-order valence-electron chi connectivity index (χ3n) is 5.07. The van der Waals surface area contributed by atoms with Crippen LogP contribution in [-0.4, -0.2) is 11.5 Å². The Bertz CT molecular complexity index is 425. The molecule has 2 rings (SSSR count). The van der Waals surface area contributed by atoms with Crippen molar-refractivity contribution in [1.29, 1.82) is 0 Å². The van der Waals surface area contributed by atoms with Crippen LogP contribution in [0.1, 0.15) is 76.2 Å². The van der Waals surface area contributed by atoms with Crippen LogP contribution in [0, 0.1) is 17.3 Å². The second kappa shape index (κ2) is 7.23. The SMILES string of the molecule is CCc1cnc(C(C)NCC2CCC(C(C)(C)C)CC2)s1. The average molecular weight is 309 g/mol. The Morgan fingerprint density at radius 1 is 1.29 bits per heavy atom. The van der Waals surface area contributed by atoms with Crippen molar-refractivity contribution < 1.29 is 0 Å². The van der Waals surface area contributed by atoms with Crippen LogP contribution in [0.15, 0.2) is 6.20 Å². The van der Waals surface area contributed by atoms with Gasteiger partial charge in [-0.25, -0.2) is 4.98 Å². The van der Waals surface area contributed by atoms with E-state index in [2.05, 4.69) is 44.9 Å². The monoisotopic (exact) mass is 308 g/mol. The van der Waals surface area contributed by atoms with Crippen LogP contribution in [0.5, 0.6) is 0 Å². The van der Waals surface area contributed by atoms with Crippen LogP contribution < -0.4 is 5.32 Å². The molecular weight excluding hydrogens is 276 g/mol. The Labute approximate surface area is 134 Å². The minimum absolute atomic E-state index is 0.399. The van der Waals surface area contributed by atoms with Crippen molar-refractivity contribution in [2.75, 3.05) is 6.54 Å². The molecule has 120 valence electrons. The van der Waals surface area contributed by atoms with Gasteiger partial charge in [-0.3, -0.25) is 0 Å². The molecular formula is C18H32N2S. The summed E-state index contributed by atoms with van der Waals surface area (Å²) in [5.74, 6) is 1.77. The maximum Gasteiger partial charge on any atom is 0.109 e. The molecule has 0 amide bonds. The number of hydrogen-bond acceptors (Lipinski definition) is 3. The van der Waals surface area contributed by atoms with E-state index < -0.39 is 0 Å². The van der Waals surface area contributed by atoms with Crippen LogP contribution >= 0.6 is 11.3 Å². The van der Waals surface area contributed by atoms with Gasteiger partial charge in [0.15, 0.2) is 0 Å². The molecule has 1 aromatic rings. The number of nitrogens with zero attached hydrogens (tertiary/aromatic N) is 1. The Morgan fingerprint density at radius 3 is 2.48 bits per heavy atom. The highest BCUT2D eigenvalue weighted by Gasteiger charge is 2.29. The van der Waals surface area contributed by atoms with Gasteiger partial charge < -0.3 is 5.32 Å². The standard InChI is InChI=1S/C18H32N2S/c1-6-16-12-20-17(21-16)13(2)19-11-14-7-9-15(10-8-14)18(3,4)5/h12-15,19H,6-11H2,1-5H3. The van der Waals surface area contributed by atoms with Crippen LogP contribution in [0.2, 0.25) is 0 Å². The summed E-state index contributed by atoms with van der Waals surface area (Å²) in [5, 5.41) is 4.95. The zero-order chi connectivity index (χ0) is 15.5. The smallest absolute Gasteiger partial charge is 0.109 e. The van der Waals surface area contributed by atoms with Crippen molar-refractivity contribution in [1.82, 2.24) is 10.3 Å². The third kappa shape index (κ3) is 4.79. The first-order valence-corrected chi connectivity index (χ1v) is 9.39. The predicted molar refractivity (Wildman–Crippen MR) is 92.8 cm³/mol. The van der Waals surface area contributed by atoms with E-state index in [0.717, 1.165) is 24.8 Å². The number of aromatic nitrogens is 1. The minimum Gasteiger partial charge on any atom is -0.308 e. The fourth-order valence-electron chi connectivity index (χ4n) is 3.35. The highest BCUT2D eigenvalue weighted by Crippen LogP contribution is 2.39. The molecule has 0 radical (unpaired) electrons. The highest BCUT2D eigenvalue weighted by atomic mass is 32.1. The van der Waals surface area contributed by atoms with Crippen molar-refractivity contribution in [2.24, 2.45) is 17.3 Å². The topological polar surface area (TPSA) is 24.9 Å². The molecule has 1 aromatic heterocycles. The lowest BCUT2D eigenvalue weighted by atomic mass is 9.70. The van der Waals surface area contributed by atoms with Gasteiger partial charge in [-0.2, -0.15) is 0 Å². The lowest BCUT2D eigenvalue weighted by Gasteiger charge is -2.37. The fourth-order valence-corrected chi connectivity index (χ4v) is 4.23. The van der Waals surface area contributed by atoms with Crippen molar-refractivity contribution in [2.45, 2.75) is 72.8 Å². The summed E-state index contributed by atoms with van der Waals surface area (Å²) in [4.78, 5) is 5.94. The summed E-state index contributed by atoms with van der Waals surface area (Å²) in [6.07, 6.45) is 8.72. The summed E-state index contributed by atoms with van der Waals surface area (Å²) in [5.41, 5.74) is 0.489. The molecule has 1 atom stereocenters. The predicted octanol–water partition coefficient (Wildman–Crippen LogP) is 5.21. The van der Waals surface area contributed by atoms with Crippen LogP contribution in [0.3, 0.4) is 0 Å². The normalized spacial score (nSPS) is 25.0. The molecule has 2 nitrogen and oxygen atoms in total. The highest BCUT2D eigenvalue weighted by molar-refractivity contribution is 7.11. The average Bonchev–Trinajstić information content (AvgIpc) is 2.93. The van der Waals surface area contributed by atoms with E-state index in [4.69, 9.17) is 0 Å². The molecule has 1 N–H and O–H groups in total. The summed E-state index contributed by atoms with van der Waals surface area (Å²) < 4.78 is 0. The Morgan fingerprint density at radius 2 is 1.95 bits per heavy atom. The molecule has 0 aliphatic heterocycles. The number of thiazole rings is 1. The molecule has 0 spiro atoms. The Kier molecular flexibility index (Phi) is 5.84. The third-order valence-corrected chi connectivity index (χ3v) is 6.40. The van der Waals surface area contributed by atoms with Gasteiger partial charge in [-0.05, 0) is 62.8 Å². The van der Waals surface area contributed by atoms with E-state index in [1.807, 2.05) is 17.5 Å². The molecule has 0 bridgehead atoms. The van der Waals surface area contributed by atoms with Gasteiger partial charge in [0.25, 0.3) is 0 Å². The maximum atomic E-state index is 4.55. The molecule has 1 fully saturated rings. The van der Waals surface area contributed by atoms with Crippen LogP contribution in [0.4, 0.5) is 0 Å². The maximum absolute atomic E-state index is 4.55. The van der Waals surface area contributed by atoms with Crippen molar-refractivity contribution >= 4 is 11.3 Å². The number of hydrogen-bond donors (Lipinski definition) is 1. The van der Waals surface area contributed by atoms with Crippen molar-refractivity contribution in [3.8, 4) is 0 Å². The van der Waals surface area contributed by atoms with Gasteiger partial charge in [-0.1, -0.05) is 27.7 Å². The number of nitrogens with one attached hydrogen (secondary N) is 1. The van der Waals surface area contributed by atoms with Gasteiger partial charge in [0, 0.05) is 11.1 Å². The lowest BCUT2D eigenvalue weighted by Crippen LogP contribution is -2.31. The fraction of sp³-hybridized carbons (Fsp3) is 0.833. The van der Waals surface area contributed by atoms with E-state index in [9.17, 15) is 0 Å². The quantitative estimate of drug-likeness (QED) is 0.807. The van der Waals surface area contributed by atoms with Gasteiger partial charge in [0.2, 0.25) is 0 Å². The van der Waals surface area contributed by atoms with Gasteiger partial charge >= 0.3 is 0 Å². The summed E-state index contributed by atoms with van der Waals surface area (Å²) >= 11 is 1.86. The van der Waals surface area contributed by atoms with Gasteiger partial charge in [0.1, 0.15) is 5.01 Å². The first-order chi connectivity index (χ1) is 9.90. The molecule has 1 aliphatic carbocycles. The molecule has 1 heterocycles. The molecule has 21 heavy (non-hydrogen) atoms. The Hall–Kier alpha value is -0.410. The molecule has 0 saturated heterocycles. The van der Waals surface area contributed by atoms with Gasteiger partial charge in [-0.15, -0.1) is 11.3 Å². The summed E-state index contributed by atoms with van der Waals surface area (Å²) in [7, 11) is 0. The van der Waals surface area contributed by atoms with Crippen molar-refractivity contribution in [3.63, 3.8) is 0 Å². The first kappa shape index (κ1) is 17.0. The van der Waals surface area contributed by atoms with E-state index in [-0.39, 0.29) is 0 Å². The molecule has 3 heteroatoms. The Balaban J connectivity index is 1.74. The zero-order valence-electron chi connectivity index (χ0n) is 14.4. The largest absolute Gasteiger partial charge is 0.308 e. The summed E-state index contributed by atoms with van der Waals surface area (Å²) in [6.45, 7) is 12.8. The number of rotatable bonds is 5.